The Hall–Kier alpha value is -5.40. The Bertz CT molecular complexity index is 2490. The van der Waals surface area contributed by atoms with Crippen LogP contribution in [0.1, 0.15) is 90.2 Å². The minimum atomic E-state index is -0.998. The molecule has 5 amide bonds. The van der Waals surface area contributed by atoms with E-state index in [1.54, 1.807) is 26.1 Å². The van der Waals surface area contributed by atoms with Crippen LogP contribution in [0.2, 0.25) is 0 Å². The standard InChI is InChI=1S/C53H78N10O7Si/c1-12-44(64)61-32-58(9)45(71-33-61)22-26-57(8)52(68)59(10)47(34(3)4)49(65)55-42-30-60-24-15-17-37(29-60)36-20-21-43-39(27-36)40(48(62(43)13-2)38-18-14-23-54-46(38)35(5)69-11)28-53(6,7)31-70-51(67)41-19-16-25-63(56-41)50(42)66/h12,14,17-18,20-21,23,27,34-35,41-42,45,47,56H,1,13,15-16,19,22,24-26,28-33,71H2,2-11H3,(H,55,65)/t35-,41-,42-,45+,47-/m0/s1. The highest BCUT2D eigenvalue weighted by atomic mass is 28.2. The van der Waals surface area contributed by atoms with Gasteiger partial charge in [-0.05, 0) is 106 Å². The van der Waals surface area contributed by atoms with Crippen LogP contribution in [0.4, 0.5) is 4.79 Å². The van der Waals surface area contributed by atoms with Crippen LogP contribution in [0, 0.1) is 11.3 Å². The molecule has 2 saturated heterocycles. The van der Waals surface area contributed by atoms with E-state index in [-0.39, 0.29) is 43.0 Å². The first-order chi connectivity index (χ1) is 33.9. The van der Waals surface area contributed by atoms with E-state index in [2.05, 4.69) is 82.8 Å². The molecule has 0 saturated carbocycles. The van der Waals surface area contributed by atoms with Crippen LogP contribution in [0.3, 0.4) is 0 Å². The Kier molecular flexibility index (Phi) is 17.3. The number of cyclic esters (lactones) is 1. The fourth-order valence-corrected chi connectivity index (χ4v) is 13.0. The van der Waals surface area contributed by atoms with Crippen LogP contribution in [0.25, 0.3) is 27.7 Å². The summed E-state index contributed by atoms with van der Waals surface area (Å²) in [5.74, 6) is -1.56. The van der Waals surface area contributed by atoms with Crippen molar-refractivity contribution in [2.24, 2.45) is 11.3 Å². The topological polar surface area (TPSA) is 165 Å². The molecule has 2 aromatic heterocycles. The number of ether oxygens (including phenoxy) is 2. The summed E-state index contributed by atoms with van der Waals surface area (Å²) in [4.78, 5) is 84.0. The van der Waals surface area contributed by atoms with E-state index >= 15 is 0 Å². The minimum absolute atomic E-state index is 0.0641. The first kappa shape index (κ1) is 53.4. The number of esters is 1. The maximum atomic E-state index is 14.8. The molecule has 4 aliphatic rings. The zero-order chi connectivity index (χ0) is 51.3. The first-order valence-electron chi connectivity index (χ1n) is 25.5. The predicted molar refractivity (Wildman–Crippen MR) is 279 cm³/mol. The molecule has 71 heavy (non-hydrogen) atoms. The van der Waals surface area contributed by atoms with Gasteiger partial charge in [0.05, 0.1) is 40.3 Å². The molecule has 1 aromatic carbocycles. The van der Waals surface area contributed by atoms with Crippen molar-refractivity contribution in [2.45, 2.75) is 110 Å². The number of hydrazine groups is 1. The number of urea groups is 1. The lowest BCUT2D eigenvalue weighted by Gasteiger charge is -2.40. The summed E-state index contributed by atoms with van der Waals surface area (Å²) in [6.45, 7) is 19.5. The molecule has 4 aliphatic heterocycles. The summed E-state index contributed by atoms with van der Waals surface area (Å²) in [6, 6.07) is 7.83. The lowest BCUT2D eigenvalue weighted by atomic mass is 9.84. The first-order valence-corrected chi connectivity index (χ1v) is 27.4. The Labute approximate surface area is 422 Å². The number of hydrogen-bond acceptors (Lipinski definition) is 11. The molecule has 6 atom stereocenters. The van der Waals surface area contributed by atoms with Gasteiger partial charge in [-0.3, -0.25) is 39.0 Å². The second-order valence-corrected chi connectivity index (χ2v) is 23.1. The number of carbonyl (C=O) groups is 5. The van der Waals surface area contributed by atoms with Gasteiger partial charge in [0, 0.05) is 100 Å². The number of amides is 5. The van der Waals surface area contributed by atoms with Gasteiger partial charge in [0.2, 0.25) is 11.8 Å². The Balaban J connectivity index is 1.18. The summed E-state index contributed by atoms with van der Waals surface area (Å²) in [5.41, 5.74) is 10.4. The van der Waals surface area contributed by atoms with E-state index in [4.69, 9.17) is 14.5 Å². The maximum absolute atomic E-state index is 14.8. The Morgan fingerprint density at radius 2 is 1.92 bits per heavy atom. The maximum Gasteiger partial charge on any atom is 0.324 e. The van der Waals surface area contributed by atoms with Gasteiger partial charge >= 0.3 is 12.0 Å². The number of fused-ring (bicyclic) bond motifs is 6. The van der Waals surface area contributed by atoms with E-state index in [1.165, 1.54) is 16.0 Å². The molecule has 17 nitrogen and oxygen atoms in total. The molecule has 6 heterocycles. The highest BCUT2D eigenvalue weighted by molar-refractivity contribution is 6.38. The van der Waals surface area contributed by atoms with Crippen LogP contribution in [-0.4, -0.2) is 183 Å². The zero-order valence-electron chi connectivity index (χ0n) is 43.8. The normalized spacial score (nSPS) is 23.4. The molecule has 0 aliphatic carbocycles. The number of methoxy groups -OCH3 is 1. The number of nitrogens with one attached hydrogen (secondary N) is 2. The number of nitrogens with zero attached hydrogens (tertiary/aromatic N) is 8. The molecule has 0 spiro atoms. The van der Waals surface area contributed by atoms with Crippen molar-refractivity contribution in [3.8, 4) is 11.3 Å². The number of aryl methyl sites for hydroxylation is 1. The van der Waals surface area contributed by atoms with Crippen LogP contribution in [0.5, 0.6) is 0 Å². The summed E-state index contributed by atoms with van der Waals surface area (Å²) in [7, 11) is 6.45. The number of pyridine rings is 1. The number of carbonyl (C=O) groups excluding carboxylic acids is 5. The largest absolute Gasteiger partial charge is 0.464 e. The molecule has 1 unspecified atom stereocenters. The molecule has 6 bridgehead atoms. The quantitative estimate of drug-likeness (QED) is 0.150. The molecule has 18 heteroatoms. The van der Waals surface area contributed by atoms with E-state index in [0.29, 0.717) is 57.8 Å². The van der Waals surface area contributed by atoms with Crippen molar-refractivity contribution in [3.05, 3.63) is 72.1 Å². The van der Waals surface area contributed by atoms with Gasteiger partial charge in [-0.1, -0.05) is 46.4 Å². The molecule has 2 N–H and O–H groups in total. The number of rotatable bonds is 12. The highest BCUT2D eigenvalue weighted by Crippen LogP contribution is 2.41. The fraction of sp³-hybridized carbons (Fsp3) is 0.585. The van der Waals surface area contributed by atoms with Crippen molar-refractivity contribution in [1.29, 1.82) is 0 Å². The number of likely N-dealkylation sites (N-methyl/N-ethyl adjacent to an activating group) is 1. The highest BCUT2D eigenvalue weighted by Gasteiger charge is 2.39. The smallest absolute Gasteiger partial charge is 0.324 e. The van der Waals surface area contributed by atoms with Crippen molar-refractivity contribution < 1.29 is 33.4 Å². The van der Waals surface area contributed by atoms with Gasteiger partial charge in [-0.15, -0.1) is 0 Å². The molecular formula is C53H78N10O7Si. The van der Waals surface area contributed by atoms with Crippen molar-refractivity contribution in [2.75, 3.05) is 80.4 Å². The van der Waals surface area contributed by atoms with Crippen molar-refractivity contribution in [3.63, 3.8) is 0 Å². The number of hydrogen-bond donors (Lipinski definition) is 2. The number of aromatic nitrogens is 2. The van der Waals surface area contributed by atoms with Gasteiger partial charge in [0.25, 0.3) is 5.91 Å². The van der Waals surface area contributed by atoms with Crippen molar-refractivity contribution in [1.82, 2.24) is 49.8 Å². The zero-order valence-corrected chi connectivity index (χ0v) is 45.2. The van der Waals surface area contributed by atoms with E-state index in [1.807, 2.05) is 45.0 Å². The predicted octanol–water partition coefficient (Wildman–Crippen LogP) is 4.39. The molecule has 386 valence electrons. The third-order valence-electron chi connectivity index (χ3n) is 14.9. The lowest BCUT2D eigenvalue weighted by molar-refractivity contribution is -0.155. The molecule has 7 rings (SSSR count). The monoisotopic (exact) mass is 995 g/mol. The van der Waals surface area contributed by atoms with Crippen LogP contribution >= 0.6 is 0 Å². The van der Waals surface area contributed by atoms with Crippen LogP contribution < -0.4 is 10.7 Å². The third-order valence-corrected chi connectivity index (χ3v) is 17.4. The molecule has 3 aromatic rings. The summed E-state index contributed by atoms with van der Waals surface area (Å²) >= 11 is 0. The average molecular weight is 995 g/mol. The second kappa shape index (κ2) is 23.0. The van der Waals surface area contributed by atoms with Crippen LogP contribution in [-0.2, 0) is 41.6 Å². The summed E-state index contributed by atoms with van der Waals surface area (Å²) in [6.07, 6.45) is 9.12. The molecule has 2 fully saturated rings. The second-order valence-electron chi connectivity index (χ2n) is 21.1. The van der Waals surface area contributed by atoms with Crippen LogP contribution in [0.15, 0.2) is 55.3 Å². The summed E-state index contributed by atoms with van der Waals surface area (Å²) in [5, 5.41) is 5.72. The van der Waals surface area contributed by atoms with Gasteiger partial charge < -0.3 is 34.1 Å². The summed E-state index contributed by atoms with van der Waals surface area (Å²) < 4.78 is 14.4. The third kappa shape index (κ3) is 11.9. The van der Waals surface area contributed by atoms with E-state index in [0.717, 1.165) is 70.1 Å². The Morgan fingerprint density at radius 1 is 1.14 bits per heavy atom. The lowest BCUT2D eigenvalue weighted by Crippen LogP contribution is -2.64. The van der Waals surface area contributed by atoms with Gasteiger partial charge in [0.15, 0.2) is 0 Å². The average Bonchev–Trinajstić information content (AvgIpc) is 3.67. The van der Waals surface area contributed by atoms with Gasteiger partial charge in [-0.2, -0.15) is 0 Å². The Morgan fingerprint density at radius 3 is 2.62 bits per heavy atom. The minimum Gasteiger partial charge on any atom is -0.464 e. The van der Waals surface area contributed by atoms with Crippen molar-refractivity contribution >= 4 is 55.7 Å². The number of benzene rings is 1. The fourth-order valence-electron chi connectivity index (χ4n) is 11.0. The SMILES string of the molecule is C=CC(=O)N1C[SiH2][C@H](CCN(C)C(=O)N(C)[C@H](C(=O)N[C@H]2CN3CCC=C(C3)c3ccc4c(c3)c(c(-c3cccnc3[C@H](C)OC)n4CC)CC(C)(C)COC(=O)[C@@H]3CCCN(N3)C2=O)C(C)C)N(C)C1. The molecular weight excluding hydrogens is 917 g/mol. The van der Waals surface area contributed by atoms with E-state index in [9.17, 15) is 24.0 Å². The van der Waals surface area contributed by atoms with E-state index < -0.39 is 44.9 Å². The van der Waals surface area contributed by atoms with Gasteiger partial charge in [-0.25, -0.2) is 10.2 Å². The molecule has 0 radical (unpaired) electrons. The van der Waals surface area contributed by atoms with Gasteiger partial charge in [0.1, 0.15) is 18.1 Å².